The molecule has 0 saturated heterocycles. The molecule has 0 amide bonds. The van der Waals surface area contributed by atoms with E-state index in [0.29, 0.717) is 11.8 Å². The fourth-order valence-corrected chi connectivity index (χ4v) is 1.89. The largest absolute Gasteiger partial charge is 0.393 e. The quantitative estimate of drug-likeness (QED) is 0.664. The fraction of sp³-hybridized carbons (Fsp3) is 1.00. The molecule has 1 aliphatic carbocycles. The van der Waals surface area contributed by atoms with E-state index in [-0.39, 0.29) is 6.10 Å². The van der Waals surface area contributed by atoms with E-state index in [9.17, 15) is 5.11 Å². The summed E-state index contributed by atoms with van der Waals surface area (Å²) in [5, 5.41) is 9.69. The molecular formula is C10H20O. The maximum absolute atomic E-state index is 9.69. The lowest BCUT2D eigenvalue weighted by Crippen LogP contribution is -2.18. The molecule has 1 aliphatic rings. The molecule has 1 heteroatoms. The Morgan fingerprint density at radius 1 is 1.09 bits per heavy atom. The van der Waals surface area contributed by atoms with Crippen LogP contribution in [0.15, 0.2) is 0 Å². The smallest absolute Gasteiger partial charge is 0.0594 e. The van der Waals surface area contributed by atoms with E-state index in [2.05, 4.69) is 27.7 Å². The molecule has 0 bridgehead atoms. The lowest BCUT2D eigenvalue weighted by atomic mass is 9.98. The number of aliphatic hydroxyl groups is 1. The molecule has 0 aromatic rings. The summed E-state index contributed by atoms with van der Waals surface area (Å²) >= 11 is 0. The van der Waals surface area contributed by atoms with Crippen molar-refractivity contribution in [3.05, 3.63) is 0 Å². The van der Waals surface area contributed by atoms with E-state index < -0.39 is 0 Å². The highest BCUT2D eigenvalue weighted by atomic mass is 16.3. The van der Waals surface area contributed by atoms with Gasteiger partial charge in [-0.2, -0.15) is 0 Å². The van der Waals surface area contributed by atoms with Crippen molar-refractivity contribution in [1.29, 1.82) is 0 Å². The van der Waals surface area contributed by atoms with Gasteiger partial charge in [0.05, 0.1) is 6.10 Å². The van der Waals surface area contributed by atoms with Crippen molar-refractivity contribution < 1.29 is 5.11 Å². The lowest BCUT2D eigenvalue weighted by molar-refractivity contribution is 0.0945. The molecule has 3 unspecified atom stereocenters. The van der Waals surface area contributed by atoms with Crippen molar-refractivity contribution in [3.63, 3.8) is 0 Å². The highest BCUT2D eigenvalue weighted by molar-refractivity contribution is 4.93. The summed E-state index contributed by atoms with van der Waals surface area (Å²) in [5.74, 6) is 2.60. The lowest BCUT2D eigenvalue weighted by Gasteiger charge is -2.14. The average Bonchev–Trinajstić information content (AvgIpc) is 2.63. The van der Waals surface area contributed by atoms with E-state index in [0.717, 1.165) is 11.8 Å². The predicted octanol–water partition coefficient (Wildman–Crippen LogP) is 2.30. The maximum atomic E-state index is 9.69. The van der Waals surface area contributed by atoms with E-state index in [1.165, 1.54) is 6.42 Å². The van der Waals surface area contributed by atoms with Crippen LogP contribution in [0.4, 0.5) is 0 Å². The molecule has 0 radical (unpaired) electrons. The molecule has 0 heterocycles. The van der Waals surface area contributed by atoms with Gasteiger partial charge in [0.2, 0.25) is 0 Å². The van der Waals surface area contributed by atoms with Gasteiger partial charge >= 0.3 is 0 Å². The summed E-state index contributed by atoms with van der Waals surface area (Å²) in [7, 11) is 0. The number of hydrogen-bond donors (Lipinski definition) is 1. The summed E-state index contributed by atoms with van der Waals surface area (Å²) in [4.78, 5) is 0. The molecule has 1 fully saturated rings. The van der Waals surface area contributed by atoms with Crippen LogP contribution in [0.25, 0.3) is 0 Å². The first-order valence-corrected chi connectivity index (χ1v) is 4.72. The van der Waals surface area contributed by atoms with Gasteiger partial charge in [0.25, 0.3) is 0 Å². The first kappa shape index (κ1) is 9.05. The molecule has 1 rings (SSSR count). The zero-order valence-corrected chi connectivity index (χ0v) is 8.04. The van der Waals surface area contributed by atoms with Gasteiger partial charge in [0.1, 0.15) is 0 Å². The Morgan fingerprint density at radius 2 is 1.64 bits per heavy atom. The van der Waals surface area contributed by atoms with Gasteiger partial charge in [-0.25, -0.2) is 0 Å². The van der Waals surface area contributed by atoms with Crippen LogP contribution >= 0.6 is 0 Å². The molecular weight excluding hydrogens is 136 g/mol. The molecule has 0 aromatic carbocycles. The van der Waals surface area contributed by atoms with Crippen molar-refractivity contribution in [2.24, 2.45) is 23.7 Å². The zero-order valence-electron chi connectivity index (χ0n) is 8.04. The third-order valence-corrected chi connectivity index (χ3v) is 2.87. The van der Waals surface area contributed by atoms with Crippen molar-refractivity contribution in [2.75, 3.05) is 0 Å². The number of aliphatic hydroxyl groups excluding tert-OH is 1. The zero-order chi connectivity index (χ0) is 8.59. The summed E-state index contributed by atoms with van der Waals surface area (Å²) in [6.07, 6.45) is 1.19. The summed E-state index contributed by atoms with van der Waals surface area (Å²) < 4.78 is 0. The Labute approximate surface area is 69.8 Å². The molecule has 3 atom stereocenters. The Hall–Kier alpha value is -0.0400. The fourth-order valence-electron chi connectivity index (χ4n) is 1.89. The Kier molecular flexibility index (Phi) is 2.58. The first-order valence-electron chi connectivity index (χ1n) is 4.72. The van der Waals surface area contributed by atoms with Crippen molar-refractivity contribution in [2.45, 2.75) is 40.2 Å². The van der Waals surface area contributed by atoms with E-state index in [1.54, 1.807) is 0 Å². The molecule has 1 N–H and O–H groups in total. The Balaban J connectivity index is 2.31. The molecule has 11 heavy (non-hydrogen) atoms. The molecule has 1 saturated carbocycles. The van der Waals surface area contributed by atoms with Crippen LogP contribution in [0.3, 0.4) is 0 Å². The SMILES string of the molecule is CC(C)C(O)C1CC1C(C)C. The second kappa shape index (κ2) is 3.14. The van der Waals surface area contributed by atoms with Crippen LogP contribution in [0.2, 0.25) is 0 Å². The minimum atomic E-state index is -0.0533. The average molecular weight is 156 g/mol. The molecule has 0 aliphatic heterocycles. The highest BCUT2D eigenvalue weighted by Gasteiger charge is 2.44. The second-order valence-corrected chi connectivity index (χ2v) is 4.54. The first-order chi connectivity index (χ1) is 5.04. The Bertz CT molecular complexity index is 129. The number of hydrogen-bond acceptors (Lipinski definition) is 1. The second-order valence-electron chi connectivity index (χ2n) is 4.54. The molecule has 1 nitrogen and oxygen atoms in total. The van der Waals surface area contributed by atoms with Crippen molar-refractivity contribution >= 4 is 0 Å². The third-order valence-electron chi connectivity index (χ3n) is 2.87. The standard InChI is InChI=1S/C10H20O/c1-6(2)8-5-9(8)10(11)7(3)4/h6-11H,5H2,1-4H3. The molecule has 0 spiro atoms. The van der Waals surface area contributed by atoms with Gasteiger partial charge in [0, 0.05) is 0 Å². The predicted molar refractivity (Wildman–Crippen MR) is 47.3 cm³/mol. The van der Waals surface area contributed by atoms with Crippen LogP contribution < -0.4 is 0 Å². The third kappa shape index (κ3) is 1.96. The van der Waals surface area contributed by atoms with Gasteiger partial charge in [-0.1, -0.05) is 27.7 Å². The van der Waals surface area contributed by atoms with Gasteiger partial charge in [-0.15, -0.1) is 0 Å². The highest BCUT2D eigenvalue weighted by Crippen LogP contribution is 2.47. The van der Waals surface area contributed by atoms with E-state index >= 15 is 0 Å². The Morgan fingerprint density at radius 3 is 1.91 bits per heavy atom. The molecule has 66 valence electrons. The van der Waals surface area contributed by atoms with Crippen LogP contribution in [0.5, 0.6) is 0 Å². The summed E-state index contributed by atoms with van der Waals surface area (Å²) in [6, 6.07) is 0. The van der Waals surface area contributed by atoms with Gasteiger partial charge in [-0.05, 0) is 30.1 Å². The van der Waals surface area contributed by atoms with Crippen molar-refractivity contribution in [3.8, 4) is 0 Å². The van der Waals surface area contributed by atoms with E-state index in [4.69, 9.17) is 0 Å². The normalized spacial score (nSPS) is 33.0. The minimum absolute atomic E-state index is 0.0533. The van der Waals surface area contributed by atoms with Crippen LogP contribution in [0.1, 0.15) is 34.1 Å². The topological polar surface area (TPSA) is 20.2 Å². The van der Waals surface area contributed by atoms with Gasteiger partial charge in [-0.3, -0.25) is 0 Å². The monoisotopic (exact) mass is 156 g/mol. The van der Waals surface area contributed by atoms with E-state index in [1.807, 2.05) is 0 Å². The van der Waals surface area contributed by atoms with Gasteiger partial charge in [0.15, 0.2) is 0 Å². The molecule has 0 aromatic heterocycles. The maximum Gasteiger partial charge on any atom is 0.0594 e. The number of rotatable bonds is 3. The van der Waals surface area contributed by atoms with Crippen LogP contribution in [-0.2, 0) is 0 Å². The van der Waals surface area contributed by atoms with Gasteiger partial charge < -0.3 is 5.11 Å². The van der Waals surface area contributed by atoms with Crippen LogP contribution in [0, 0.1) is 23.7 Å². The van der Waals surface area contributed by atoms with Crippen molar-refractivity contribution in [1.82, 2.24) is 0 Å². The minimum Gasteiger partial charge on any atom is -0.393 e. The van der Waals surface area contributed by atoms with Crippen LogP contribution in [-0.4, -0.2) is 11.2 Å². The summed E-state index contributed by atoms with van der Waals surface area (Å²) in [5.41, 5.74) is 0. The summed E-state index contributed by atoms with van der Waals surface area (Å²) in [6.45, 7) is 8.69.